The van der Waals surface area contributed by atoms with Crippen molar-refractivity contribution in [2.24, 2.45) is 5.29 Å². The predicted octanol–water partition coefficient (Wildman–Crippen LogP) is 1.40. The van der Waals surface area contributed by atoms with Crippen LogP contribution in [0, 0.1) is 10.7 Å². The minimum absolute atomic E-state index is 0.148. The van der Waals surface area contributed by atoms with E-state index in [9.17, 15) is 14.1 Å². The molecular weight excluding hydrogens is 191 g/mol. The lowest BCUT2D eigenvalue weighted by Gasteiger charge is -2.12. The number of halogens is 1. The van der Waals surface area contributed by atoms with Crippen LogP contribution in [0.1, 0.15) is 0 Å². The molecule has 0 saturated carbocycles. The number of carbonyl (C=O) groups is 1. The summed E-state index contributed by atoms with van der Waals surface area (Å²) in [6.07, 6.45) is 0. The summed E-state index contributed by atoms with van der Waals surface area (Å²) in [4.78, 5) is 20.5. The molecule has 1 aromatic carbocycles. The van der Waals surface area contributed by atoms with Crippen LogP contribution in [0.4, 0.5) is 10.1 Å². The minimum atomic E-state index is -1.26. The standard InChI is InChI=1S/C8H7FN2O3/c9-6-3-1-2-4-7(6)11(10-14)5-8(12)13/h1-4H,5H2,(H,12,13). The van der Waals surface area contributed by atoms with Crippen molar-refractivity contribution in [3.63, 3.8) is 0 Å². The summed E-state index contributed by atoms with van der Waals surface area (Å²) in [5, 5.41) is 11.4. The van der Waals surface area contributed by atoms with Crippen LogP contribution in [0.15, 0.2) is 29.6 Å². The molecule has 0 atom stereocenters. The largest absolute Gasteiger partial charge is 0.480 e. The quantitative estimate of drug-likeness (QED) is 0.586. The Labute approximate surface area is 78.7 Å². The van der Waals surface area contributed by atoms with E-state index >= 15 is 0 Å². The SMILES string of the molecule is O=NN(CC(=O)O)c1ccccc1F. The Bertz CT molecular complexity index is 356. The lowest BCUT2D eigenvalue weighted by molar-refractivity contribution is -0.135. The lowest BCUT2D eigenvalue weighted by Crippen LogP contribution is -2.24. The molecule has 14 heavy (non-hydrogen) atoms. The third-order valence-electron chi connectivity index (χ3n) is 1.51. The van der Waals surface area contributed by atoms with Gasteiger partial charge in [0, 0.05) is 0 Å². The van der Waals surface area contributed by atoms with E-state index in [0.717, 1.165) is 6.07 Å². The minimum Gasteiger partial charge on any atom is -0.480 e. The maximum atomic E-state index is 13.0. The van der Waals surface area contributed by atoms with Gasteiger partial charge in [-0.3, -0.25) is 4.79 Å². The zero-order valence-electron chi connectivity index (χ0n) is 7.05. The van der Waals surface area contributed by atoms with E-state index < -0.39 is 18.3 Å². The Kier molecular flexibility index (Phi) is 3.11. The molecule has 1 aromatic rings. The Balaban J connectivity index is 2.94. The topological polar surface area (TPSA) is 70.0 Å². The summed E-state index contributed by atoms with van der Waals surface area (Å²) in [7, 11) is 0. The van der Waals surface area contributed by atoms with Gasteiger partial charge in [-0.15, -0.1) is 4.91 Å². The number of anilines is 1. The van der Waals surface area contributed by atoms with Crippen LogP contribution in [0.25, 0.3) is 0 Å². The number of hydrogen-bond donors (Lipinski definition) is 1. The zero-order chi connectivity index (χ0) is 10.6. The molecule has 5 nitrogen and oxygen atoms in total. The van der Waals surface area contributed by atoms with Crippen molar-refractivity contribution in [3.8, 4) is 0 Å². The molecule has 0 aromatic heterocycles. The molecule has 0 fully saturated rings. The van der Waals surface area contributed by atoms with Gasteiger partial charge in [-0.2, -0.15) is 0 Å². The number of carboxylic acids is 1. The number of carboxylic acid groups (broad SMARTS) is 1. The third kappa shape index (κ3) is 2.25. The molecule has 0 unspecified atom stereocenters. The summed E-state index contributed by atoms with van der Waals surface area (Å²) < 4.78 is 13.0. The fraction of sp³-hybridized carbons (Fsp3) is 0.125. The second kappa shape index (κ2) is 4.31. The number of hydrogen-bond acceptors (Lipinski definition) is 3. The highest BCUT2D eigenvalue weighted by Gasteiger charge is 2.14. The number of aliphatic carboxylic acids is 1. The van der Waals surface area contributed by atoms with Crippen molar-refractivity contribution in [2.45, 2.75) is 0 Å². The van der Waals surface area contributed by atoms with E-state index in [-0.39, 0.29) is 5.69 Å². The molecular formula is C8H7FN2O3. The Morgan fingerprint density at radius 3 is 2.64 bits per heavy atom. The van der Waals surface area contributed by atoms with E-state index in [2.05, 4.69) is 5.29 Å². The molecule has 0 saturated heterocycles. The van der Waals surface area contributed by atoms with Crippen molar-refractivity contribution in [2.75, 3.05) is 11.6 Å². The number of nitrogens with zero attached hydrogens (tertiary/aromatic N) is 2. The molecule has 0 heterocycles. The number of para-hydroxylation sites is 1. The number of nitroso groups, excluding NO2 is 1. The highest BCUT2D eigenvalue weighted by atomic mass is 19.1. The smallest absolute Gasteiger partial charge is 0.325 e. The van der Waals surface area contributed by atoms with Crippen LogP contribution in [-0.2, 0) is 4.79 Å². The molecule has 0 bridgehead atoms. The number of benzene rings is 1. The van der Waals surface area contributed by atoms with Crippen molar-refractivity contribution >= 4 is 11.7 Å². The molecule has 0 aliphatic rings. The summed E-state index contributed by atoms with van der Waals surface area (Å²) in [5.74, 6) is -1.94. The van der Waals surface area contributed by atoms with Crippen LogP contribution in [0.5, 0.6) is 0 Å². The average Bonchev–Trinajstić information content (AvgIpc) is 2.15. The van der Waals surface area contributed by atoms with Crippen molar-refractivity contribution in [3.05, 3.63) is 35.0 Å². The summed E-state index contributed by atoms with van der Waals surface area (Å²) in [6.45, 7) is -0.662. The van der Waals surface area contributed by atoms with Gasteiger partial charge < -0.3 is 5.11 Å². The van der Waals surface area contributed by atoms with E-state index in [1.807, 2.05) is 0 Å². The van der Waals surface area contributed by atoms with Crippen molar-refractivity contribution < 1.29 is 14.3 Å². The molecule has 74 valence electrons. The van der Waals surface area contributed by atoms with Gasteiger partial charge in [-0.1, -0.05) is 12.1 Å². The summed E-state index contributed by atoms with van der Waals surface area (Å²) in [6, 6.07) is 5.32. The summed E-state index contributed by atoms with van der Waals surface area (Å²) >= 11 is 0. The third-order valence-corrected chi connectivity index (χ3v) is 1.51. The predicted molar refractivity (Wildman–Crippen MR) is 47.2 cm³/mol. The van der Waals surface area contributed by atoms with Crippen LogP contribution in [0.2, 0.25) is 0 Å². The van der Waals surface area contributed by atoms with Gasteiger partial charge in [-0.05, 0) is 12.1 Å². The summed E-state index contributed by atoms with van der Waals surface area (Å²) in [5.41, 5.74) is -0.148. The van der Waals surface area contributed by atoms with Gasteiger partial charge in [0.2, 0.25) is 0 Å². The molecule has 0 radical (unpaired) electrons. The Morgan fingerprint density at radius 1 is 1.50 bits per heavy atom. The van der Waals surface area contributed by atoms with Crippen LogP contribution >= 0.6 is 0 Å². The average molecular weight is 198 g/mol. The van der Waals surface area contributed by atoms with E-state index in [1.165, 1.54) is 18.2 Å². The highest BCUT2D eigenvalue weighted by Crippen LogP contribution is 2.18. The first-order valence-corrected chi connectivity index (χ1v) is 3.72. The molecule has 0 amide bonds. The first kappa shape index (κ1) is 10.1. The molecule has 0 aliphatic heterocycles. The van der Waals surface area contributed by atoms with E-state index in [4.69, 9.17) is 5.11 Å². The van der Waals surface area contributed by atoms with Gasteiger partial charge in [0.15, 0.2) is 0 Å². The van der Waals surface area contributed by atoms with Crippen LogP contribution in [-0.4, -0.2) is 17.6 Å². The highest BCUT2D eigenvalue weighted by molar-refractivity contribution is 5.73. The Hall–Kier alpha value is -1.98. The fourth-order valence-electron chi connectivity index (χ4n) is 0.947. The zero-order valence-corrected chi connectivity index (χ0v) is 7.05. The van der Waals surface area contributed by atoms with Gasteiger partial charge in [-0.25, -0.2) is 9.40 Å². The Morgan fingerprint density at radius 2 is 2.14 bits per heavy atom. The number of rotatable bonds is 4. The molecule has 6 heteroatoms. The lowest BCUT2D eigenvalue weighted by atomic mass is 10.3. The van der Waals surface area contributed by atoms with Gasteiger partial charge in [0.25, 0.3) is 0 Å². The molecule has 1 rings (SSSR count). The van der Waals surface area contributed by atoms with Gasteiger partial charge in [0.1, 0.15) is 12.4 Å². The van der Waals surface area contributed by atoms with Crippen LogP contribution in [0.3, 0.4) is 0 Å². The first-order valence-electron chi connectivity index (χ1n) is 3.72. The molecule has 1 N–H and O–H groups in total. The normalized spacial score (nSPS) is 9.50. The first-order chi connectivity index (χ1) is 6.65. The van der Waals surface area contributed by atoms with E-state index in [0.29, 0.717) is 5.01 Å². The van der Waals surface area contributed by atoms with Crippen LogP contribution < -0.4 is 5.01 Å². The second-order valence-corrected chi connectivity index (χ2v) is 2.48. The van der Waals surface area contributed by atoms with Crippen molar-refractivity contribution in [1.29, 1.82) is 0 Å². The fourth-order valence-corrected chi connectivity index (χ4v) is 0.947. The monoisotopic (exact) mass is 198 g/mol. The van der Waals surface area contributed by atoms with E-state index in [1.54, 1.807) is 0 Å². The molecule has 0 spiro atoms. The maximum absolute atomic E-state index is 13.0. The van der Waals surface area contributed by atoms with Gasteiger partial charge >= 0.3 is 5.97 Å². The maximum Gasteiger partial charge on any atom is 0.325 e. The molecule has 0 aliphatic carbocycles. The van der Waals surface area contributed by atoms with Gasteiger partial charge in [0.05, 0.1) is 11.0 Å². The second-order valence-electron chi connectivity index (χ2n) is 2.48. The van der Waals surface area contributed by atoms with Crippen molar-refractivity contribution in [1.82, 2.24) is 0 Å².